The SMILES string of the molecule is CC(O)(Cc1ccccc1)C(=S)Nc1ccccc1. The predicted octanol–water partition coefficient (Wildman–Crippen LogP) is 3.42. The van der Waals surface area contributed by atoms with Crippen molar-refractivity contribution in [1.29, 1.82) is 0 Å². The standard InChI is InChI=1S/C16H17NOS/c1-16(18,12-13-8-4-2-5-9-13)15(19)17-14-10-6-3-7-11-14/h2-11,18H,12H2,1H3,(H,17,19). The Kier molecular flexibility index (Phi) is 4.30. The lowest BCUT2D eigenvalue weighted by atomic mass is 9.96. The highest BCUT2D eigenvalue weighted by Gasteiger charge is 2.26. The average Bonchev–Trinajstić information content (AvgIpc) is 2.40. The molecule has 0 aliphatic rings. The Labute approximate surface area is 119 Å². The van der Waals surface area contributed by atoms with E-state index in [4.69, 9.17) is 12.2 Å². The van der Waals surface area contributed by atoms with Gasteiger partial charge >= 0.3 is 0 Å². The first kappa shape index (κ1) is 13.7. The zero-order valence-electron chi connectivity index (χ0n) is 10.8. The third kappa shape index (κ3) is 3.88. The van der Waals surface area contributed by atoms with Crippen molar-refractivity contribution < 1.29 is 5.11 Å². The second kappa shape index (κ2) is 5.95. The van der Waals surface area contributed by atoms with E-state index in [-0.39, 0.29) is 0 Å². The van der Waals surface area contributed by atoms with E-state index in [0.717, 1.165) is 11.3 Å². The van der Waals surface area contributed by atoms with Crippen LogP contribution in [-0.2, 0) is 6.42 Å². The van der Waals surface area contributed by atoms with Crippen LogP contribution in [0.15, 0.2) is 60.7 Å². The summed E-state index contributed by atoms with van der Waals surface area (Å²) in [4.78, 5) is 0.433. The van der Waals surface area contributed by atoms with Crippen LogP contribution < -0.4 is 5.32 Å². The minimum atomic E-state index is -1.06. The molecule has 0 fully saturated rings. The van der Waals surface area contributed by atoms with Gasteiger partial charge in [-0.25, -0.2) is 0 Å². The Balaban J connectivity index is 2.05. The Bertz CT molecular complexity index is 537. The van der Waals surface area contributed by atoms with Crippen molar-refractivity contribution in [2.75, 3.05) is 5.32 Å². The van der Waals surface area contributed by atoms with Crippen LogP contribution in [-0.4, -0.2) is 15.7 Å². The van der Waals surface area contributed by atoms with Gasteiger partial charge in [-0.05, 0) is 24.6 Å². The van der Waals surface area contributed by atoms with Gasteiger partial charge in [-0.1, -0.05) is 60.7 Å². The van der Waals surface area contributed by atoms with Gasteiger partial charge < -0.3 is 10.4 Å². The summed E-state index contributed by atoms with van der Waals surface area (Å²) >= 11 is 5.31. The molecule has 2 aromatic rings. The molecule has 0 bridgehead atoms. The summed E-state index contributed by atoms with van der Waals surface area (Å²) in [7, 11) is 0. The molecule has 0 saturated heterocycles. The van der Waals surface area contributed by atoms with Gasteiger partial charge in [-0.2, -0.15) is 0 Å². The Hall–Kier alpha value is -1.71. The second-order valence-electron chi connectivity index (χ2n) is 4.76. The third-order valence-electron chi connectivity index (χ3n) is 2.91. The average molecular weight is 271 g/mol. The first-order chi connectivity index (χ1) is 9.08. The highest BCUT2D eigenvalue weighted by atomic mass is 32.1. The van der Waals surface area contributed by atoms with Gasteiger partial charge in [0.25, 0.3) is 0 Å². The first-order valence-corrected chi connectivity index (χ1v) is 6.61. The molecule has 0 aliphatic heterocycles. The molecule has 19 heavy (non-hydrogen) atoms. The molecule has 98 valence electrons. The molecule has 1 unspecified atom stereocenters. The zero-order chi connectivity index (χ0) is 13.7. The number of hydrogen-bond donors (Lipinski definition) is 2. The number of benzene rings is 2. The molecular formula is C16H17NOS. The Morgan fingerprint density at radius 2 is 1.58 bits per heavy atom. The highest BCUT2D eigenvalue weighted by Crippen LogP contribution is 2.17. The van der Waals surface area contributed by atoms with Crippen molar-refractivity contribution in [3.05, 3.63) is 66.2 Å². The maximum Gasteiger partial charge on any atom is 0.116 e. The number of anilines is 1. The molecule has 2 N–H and O–H groups in total. The first-order valence-electron chi connectivity index (χ1n) is 6.21. The zero-order valence-corrected chi connectivity index (χ0v) is 11.7. The lowest BCUT2D eigenvalue weighted by Crippen LogP contribution is -2.40. The molecule has 3 heteroatoms. The second-order valence-corrected chi connectivity index (χ2v) is 5.16. The minimum absolute atomic E-state index is 0.433. The molecule has 2 nitrogen and oxygen atoms in total. The number of rotatable bonds is 4. The van der Waals surface area contributed by atoms with Crippen LogP contribution in [0.25, 0.3) is 0 Å². The van der Waals surface area contributed by atoms with Gasteiger partial charge in [0.05, 0.1) is 0 Å². The van der Waals surface area contributed by atoms with E-state index in [2.05, 4.69) is 5.32 Å². The fourth-order valence-corrected chi connectivity index (χ4v) is 2.05. The topological polar surface area (TPSA) is 32.3 Å². The number of thiocarbonyl (C=S) groups is 1. The third-order valence-corrected chi connectivity index (χ3v) is 3.45. The van der Waals surface area contributed by atoms with Gasteiger partial charge in [-0.15, -0.1) is 0 Å². The van der Waals surface area contributed by atoms with Gasteiger partial charge in [0.15, 0.2) is 0 Å². The van der Waals surface area contributed by atoms with Gasteiger partial charge in [0, 0.05) is 12.1 Å². The van der Waals surface area contributed by atoms with E-state index in [1.165, 1.54) is 0 Å². The van der Waals surface area contributed by atoms with Gasteiger partial charge in [0.2, 0.25) is 0 Å². The molecule has 0 spiro atoms. The van der Waals surface area contributed by atoms with Crippen LogP contribution in [0.4, 0.5) is 5.69 Å². The summed E-state index contributed by atoms with van der Waals surface area (Å²) in [5.41, 5.74) is 0.887. The molecule has 0 radical (unpaired) electrons. The summed E-state index contributed by atoms with van der Waals surface area (Å²) in [5, 5.41) is 13.6. The fraction of sp³-hybridized carbons (Fsp3) is 0.188. The predicted molar refractivity (Wildman–Crippen MR) is 83.4 cm³/mol. The van der Waals surface area contributed by atoms with Crippen molar-refractivity contribution in [1.82, 2.24) is 0 Å². The molecule has 0 saturated carbocycles. The quantitative estimate of drug-likeness (QED) is 0.836. The minimum Gasteiger partial charge on any atom is -0.383 e. The number of nitrogens with one attached hydrogen (secondary N) is 1. The molecule has 0 amide bonds. The molecule has 0 aliphatic carbocycles. The van der Waals surface area contributed by atoms with Crippen LogP contribution in [0.1, 0.15) is 12.5 Å². The van der Waals surface area contributed by atoms with Crippen LogP contribution in [0.5, 0.6) is 0 Å². The van der Waals surface area contributed by atoms with Gasteiger partial charge in [0.1, 0.15) is 10.6 Å². The normalized spacial score (nSPS) is 13.6. The number of aliphatic hydroxyl groups is 1. The maximum absolute atomic E-state index is 10.5. The monoisotopic (exact) mass is 271 g/mol. The molecular weight excluding hydrogens is 254 g/mol. The summed E-state index contributed by atoms with van der Waals surface area (Å²) in [5.74, 6) is 0. The van der Waals surface area contributed by atoms with E-state index in [1.54, 1.807) is 6.92 Å². The van der Waals surface area contributed by atoms with Crippen molar-refractivity contribution in [3.8, 4) is 0 Å². The van der Waals surface area contributed by atoms with Crippen LogP contribution >= 0.6 is 12.2 Å². The van der Waals surface area contributed by atoms with Crippen LogP contribution in [0, 0.1) is 0 Å². The van der Waals surface area contributed by atoms with E-state index in [1.807, 2.05) is 60.7 Å². The molecule has 0 heterocycles. The van der Waals surface area contributed by atoms with E-state index >= 15 is 0 Å². The lowest BCUT2D eigenvalue weighted by molar-refractivity contribution is 0.136. The van der Waals surface area contributed by atoms with E-state index < -0.39 is 5.60 Å². The van der Waals surface area contributed by atoms with E-state index in [0.29, 0.717) is 11.4 Å². The number of para-hydroxylation sites is 1. The van der Waals surface area contributed by atoms with Crippen molar-refractivity contribution in [3.63, 3.8) is 0 Å². The Morgan fingerprint density at radius 1 is 1.05 bits per heavy atom. The van der Waals surface area contributed by atoms with Crippen LogP contribution in [0.3, 0.4) is 0 Å². The Morgan fingerprint density at radius 3 is 2.16 bits per heavy atom. The molecule has 0 aromatic heterocycles. The smallest absolute Gasteiger partial charge is 0.116 e. The highest BCUT2D eigenvalue weighted by molar-refractivity contribution is 7.80. The summed E-state index contributed by atoms with van der Waals surface area (Å²) in [6.45, 7) is 1.73. The van der Waals surface area contributed by atoms with Gasteiger partial charge in [-0.3, -0.25) is 0 Å². The fourth-order valence-electron chi connectivity index (χ4n) is 1.86. The summed E-state index contributed by atoms with van der Waals surface area (Å²) in [6.07, 6.45) is 0.493. The van der Waals surface area contributed by atoms with Crippen LogP contribution in [0.2, 0.25) is 0 Å². The number of hydrogen-bond acceptors (Lipinski definition) is 2. The maximum atomic E-state index is 10.5. The van der Waals surface area contributed by atoms with Crippen molar-refractivity contribution >= 4 is 22.9 Å². The molecule has 2 rings (SSSR count). The summed E-state index contributed by atoms with van der Waals surface area (Å²) in [6, 6.07) is 19.5. The van der Waals surface area contributed by atoms with E-state index in [9.17, 15) is 5.11 Å². The lowest BCUT2D eigenvalue weighted by Gasteiger charge is -2.25. The molecule has 1 atom stereocenters. The van der Waals surface area contributed by atoms with Crippen molar-refractivity contribution in [2.24, 2.45) is 0 Å². The summed E-state index contributed by atoms with van der Waals surface area (Å²) < 4.78 is 0. The van der Waals surface area contributed by atoms with Crippen molar-refractivity contribution in [2.45, 2.75) is 18.9 Å². The largest absolute Gasteiger partial charge is 0.383 e. The molecule has 2 aromatic carbocycles.